The van der Waals surface area contributed by atoms with E-state index in [0.29, 0.717) is 18.0 Å². The molecule has 6 rings (SSSR count). The average molecular weight is 493 g/mol. The fourth-order valence-corrected chi connectivity index (χ4v) is 5.05. The van der Waals surface area contributed by atoms with E-state index in [-0.39, 0.29) is 11.9 Å². The summed E-state index contributed by atoms with van der Waals surface area (Å²) < 4.78 is 0. The number of anilines is 3. The lowest BCUT2D eigenvalue weighted by Gasteiger charge is -2.25. The first kappa shape index (κ1) is 22.9. The standard InChI is InChI=1S/C28H28N8O/c37-26(31-27-32-34-35-33-27)22-12-10-19(11-13-22)18-36(28-29-24-8-4-5-9-25(24)30-28)23-16-14-21(15-17-23)20-6-2-1-3-7-20/h4-5,8-17,20H,1-3,6-7,18H2,(H,29,30)(H2,31,32,33,34,35,37). The number of hydrogen-bond donors (Lipinski definition) is 3. The van der Waals surface area contributed by atoms with Gasteiger partial charge in [0, 0.05) is 11.3 Å². The molecule has 2 aromatic heterocycles. The van der Waals surface area contributed by atoms with Crippen molar-refractivity contribution in [1.82, 2.24) is 30.6 Å². The molecule has 1 aliphatic rings. The van der Waals surface area contributed by atoms with Crippen molar-refractivity contribution in [2.45, 2.75) is 44.6 Å². The number of hydrogen-bond acceptors (Lipinski definition) is 6. The Morgan fingerprint density at radius 2 is 1.73 bits per heavy atom. The van der Waals surface area contributed by atoms with Crippen LogP contribution < -0.4 is 10.2 Å². The van der Waals surface area contributed by atoms with Gasteiger partial charge < -0.3 is 9.88 Å². The number of fused-ring (bicyclic) bond motifs is 1. The Labute approximate surface area is 214 Å². The average Bonchev–Trinajstić information content (AvgIpc) is 3.62. The Hall–Kier alpha value is -4.53. The normalized spacial score (nSPS) is 14.1. The van der Waals surface area contributed by atoms with E-state index in [1.165, 1.54) is 37.7 Å². The van der Waals surface area contributed by atoms with Crippen LogP contribution in [0.5, 0.6) is 0 Å². The van der Waals surface area contributed by atoms with Crippen molar-refractivity contribution in [1.29, 1.82) is 0 Å². The van der Waals surface area contributed by atoms with Gasteiger partial charge in [0.1, 0.15) is 0 Å². The van der Waals surface area contributed by atoms with E-state index >= 15 is 0 Å². The van der Waals surface area contributed by atoms with E-state index in [1.54, 1.807) is 12.1 Å². The van der Waals surface area contributed by atoms with Crippen LogP contribution >= 0.6 is 0 Å². The lowest BCUT2D eigenvalue weighted by Crippen LogP contribution is -2.18. The predicted octanol–water partition coefficient (Wildman–Crippen LogP) is 5.71. The van der Waals surface area contributed by atoms with Gasteiger partial charge in [-0.15, -0.1) is 5.10 Å². The number of carbonyl (C=O) groups excluding carboxylic acids is 1. The lowest BCUT2D eigenvalue weighted by atomic mass is 9.84. The molecule has 1 saturated carbocycles. The number of nitrogens with zero attached hydrogens (tertiary/aromatic N) is 5. The minimum Gasteiger partial charge on any atom is -0.324 e. The quantitative estimate of drug-likeness (QED) is 0.268. The molecule has 186 valence electrons. The summed E-state index contributed by atoms with van der Waals surface area (Å²) in [6.45, 7) is 0.593. The molecule has 9 heteroatoms. The van der Waals surface area contributed by atoms with Gasteiger partial charge in [0.25, 0.3) is 11.9 Å². The smallest absolute Gasteiger partial charge is 0.270 e. The first-order valence-electron chi connectivity index (χ1n) is 12.7. The Morgan fingerprint density at radius 3 is 2.46 bits per heavy atom. The highest BCUT2D eigenvalue weighted by atomic mass is 16.1. The summed E-state index contributed by atoms with van der Waals surface area (Å²) in [5.74, 6) is 1.29. The second-order valence-electron chi connectivity index (χ2n) is 9.48. The van der Waals surface area contributed by atoms with Crippen LogP contribution in [0.4, 0.5) is 17.6 Å². The number of tetrazole rings is 1. The monoisotopic (exact) mass is 492 g/mol. The summed E-state index contributed by atoms with van der Waals surface area (Å²) in [6.07, 6.45) is 6.55. The number of aromatic nitrogens is 6. The van der Waals surface area contributed by atoms with Crippen molar-refractivity contribution in [3.05, 3.63) is 89.5 Å². The maximum absolute atomic E-state index is 12.5. The molecule has 0 unspecified atom stereocenters. The molecule has 0 atom stereocenters. The number of aromatic amines is 2. The second-order valence-corrected chi connectivity index (χ2v) is 9.48. The number of carbonyl (C=O) groups is 1. The van der Waals surface area contributed by atoms with Crippen molar-refractivity contribution >= 4 is 34.5 Å². The van der Waals surface area contributed by atoms with E-state index in [2.05, 4.69) is 60.1 Å². The number of H-pyrrole nitrogens is 2. The molecular weight excluding hydrogens is 464 g/mol. The summed E-state index contributed by atoms with van der Waals surface area (Å²) in [7, 11) is 0. The molecular formula is C28H28N8O. The third-order valence-corrected chi connectivity index (χ3v) is 7.04. The Bertz CT molecular complexity index is 1440. The van der Waals surface area contributed by atoms with Gasteiger partial charge in [-0.05, 0) is 71.5 Å². The Kier molecular flexibility index (Phi) is 6.33. The molecule has 37 heavy (non-hydrogen) atoms. The van der Waals surface area contributed by atoms with Gasteiger partial charge >= 0.3 is 0 Å². The number of amides is 1. The minimum atomic E-state index is -0.291. The highest BCUT2D eigenvalue weighted by Crippen LogP contribution is 2.34. The molecule has 0 spiro atoms. The molecule has 1 aliphatic carbocycles. The third-order valence-electron chi connectivity index (χ3n) is 7.04. The van der Waals surface area contributed by atoms with Crippen LogP contribution in [-0.2, 0) is 6.54 Å². The first-order chi connectivity index (χ1) is 18.2. The zero-order valence-electron chi connectivity index (χ0n) is 20.4. The Balaban J connectivity index is 1.26. The zero-order valence-corrected chi connectivity index (χ0v) is 20.4. The van der Waals surface area contributed by atoms with Crippen LogP contribution in [0.2, 0.25) is 0 Å². The highest BCUT2D eigenvalue weighted by molar-refractivity contribution is 6.03. The molecule has 0 radical (unpaired) electrons. The SMILES string of the molecule is O=C(Nc1nn[nH]n1)c1ccc(CN(c2ccc(C3CCCCC3)cc2)c2nc3ccccc3[nH]2)cc1. The zero-order chi connectivity index (χ0) is 25.0. The summed E-state index contributed by atoms with van der Waals surface area (Å²) in [6, 6.07) is 24.5. The van der Waals surface area contributed by atoms with E-state index < -0.39 is 0 Å². The van der Waals surface area contributed by atoms with Gasteiger partial charge in [-0.25, -0.2) is 4.98 Å². The van der Waals surface area contributed by atoms with E-state index in [4.69, 9.17) is 4.98 Å². The van der Waals surface area contributed by atoms with E-state index in [0.717, 1.165) is 28.2 Å². The van der Waals surface area contributed by atoms with Gasteiger partial charge in [0.05, 0.1) is 17.6 Å². The van der Waals surface area contributed by atoms with Crippen LogP contribution in [0, 0.1) is 0 Å². The first-order valence-corrected chi connectivity index (χ1v) is 12.7. The van der Waals surface area contributed by atoms with Crippen LogP contribution in [0.25, 0.3) is 11.0 Å². The summed E-state index contributed by atoms with van der Waals surface area (Å²) >= 11 is 0. The molecule has 9 nitrogen and oxygen atoms in total. The molecule has 0 bridgehead atoms. The van der Waals surface area contributed by atoms with Crippen molar-refractivity contribution in [3.8, 4) is 0 Å². The fourth-order valence-electron chi connectivity index (χ4n) is 5.05. The van der Waals surface area contributed by atoms with E-state index in [1.807, 2.05) is 36.4 Å². The number of nitrogens with one attached hydrogen (secondary N) is 3. The molecule has 1 fully saturated rings. The van der Waals surface area contributed by atoms with Crippen LogP contribution in [-0.4, -0.2) is 36.5 Å². The van der Waals surface area contributed by atoms with Crippen molar-refractivity contribution in [2.24, 2.45) is 0 Å². The molecule has 0 saturated heterocycles. The van der Waals surface area contributed by atoms with Gasteiger partial charge in [-0.1, -0.05) is 60.8 Å². The summed E-state index contributed by atoms with van der Waals surface area (Å²) in [5, 5.41) is 15.9. The minimum absolute atomic E-state index is 0.141. The van der Waals surface area contributed by atoms with Gasteiger partial charge in [0.15, 0.2) is 0 Å². The molecule has 5 aromatic rings. The number of para-hydroxylation sites is 2. The topological polar surface area (TPSA) is 115 Å². The van der Waals surface area contributed by atoms with E-state index in [9.17, 15) is 4.79 Å². The van der Waals surface area contributed by atoms with Gasteiger partial charge in [-0.2, -0.15) is 5.21 Å². The van der Waals surface area contributed by atoms with Gasteiger partial charge in [0.2, 0.25) is 5.95 Å². The molecule has 0 aliphatic heterocycles. The predicted molar refractivity (Wildman–Crippen MR) is 143 cm³/mol. The summed E-state index contributed by atoms with van der Waals surface area (Å²) in [4.78, 5) is 23.0. The number of imidazole rings is 1. The molecule has 3 N–H and O–H groups in total. The maximum atomic E-state index is 12.5. The van der Waals surface area contributed by atoms with Gasteiger partial charge in [-0.3, -0.25) is 10.1 Å². The van der Waals surface area contributed by atoms with Crippen LogP contribution in [0.15, 0.2) is 72.8 Å². The summed E-state index contributed by atoms with van der Waals surface area (Å²) in [5.41, 5.74) is 5.97. The number of benzene rings is 3. The number of rotatable bonds is 7. The lowest BCUT2D eigenvalue weighted by molar-refractivity contribution is 0.102. The maximum Gasteiger partial charge on any atom is 0.270 e. The second kappa shape index (κ2) is 10.2. The third kappa shape index (κ3) is 5.06. The van der Waals surface area contributed by atoms with Crippen molar-refractivity contribution < 1.29 is 4.79 Å². The van der Waals surface area contributed by atoms with Crippen LogP contribution in [0.1, 0.15) is 59.5 Å². The van der Waals surface area contributed by atoms with Crippen LogP contribution in [0.3, 0.4) is 0 Å². The molecule has 3 aromatic carbocycles. The fraction of sp³-hybridized carbons (Fsp3) is 0.250. The Morgan fingerprint density at radius 1 is 0.946 bits per heavy atom. The molecule has 1 amide bonds. The largest absolute Gasteiger partial charge is 0.324 e. The molecule has 2 heterocycles. The van der Waals surface area contributed by atoms with Crippen molar-refractivity contribution in [3.63, 3.8) is 0 Å². The van der Waals surface area contributed by atoms with Crippen molar-refractivity contribution in [2.75, 3.05) is 10.2 Å². The highest BCUT2D eigenvalue weighted by Gasteiger charge is 2.18.